The fraction of sp³-hybridized carbons (Fsp3) is 0.231. The van der Waals surface area contributed by atoms with E-state index in [1.165, 1.54) is 67.3 Å². The van der Waals surface area contributed by atoms with Crippen molar-refractivity contribution in [3.05, 3.63) is 184 Å². The second-order valence-electron chi connectivity index (χ2n) is 18.4. The van der Waals surface area contributed by atoms with Gasteiger partial charge in [-0.2, -0.15) is 0 Å². The van der Waals surface area contributed by atoms with Crippen LogP contribution >= 0.6 is 0 Å². The summed E-state index contributed by atoms with van der Waals surface area (Å²) in [7, 11) is 0. The number of para-hydroxylation sites is 3. The molecule has 0 bridgehead atoms. The van der Waals surface area contributed by atoms with Crippen molar-refractivity contribution < 1.29 is 0 Å². The highest BCUT2D eigenvalue weighted by atomic mass is 15.2. The molecule has 0 saturated heterocycles. The maximum atomic E-state index is 5.15. The maximum absolute atomic E-state index is 5.15. The highest BCUT2D eigenvalue weighted by Crippen LogP contribution is 2.63. The van der Waals surface area contributed by atoms with Crippen molar-refractivity contribution >= 4 is 51.4 Å². The fourth-order valence-corrected chi connectivity index (χ4v) is 10.7. The van der Waals surface area contributed by atoms with Crippen LogP contribution in [-0.2, 0) is 21.7 Å². The molecule has 280 valence electrons. The molecule has 57 heavy (non-hydrogen) atoms. The van der Waals surface area contributed by atoms with Crippen LogP contribution in [0.25, 0.3) is 0 Å². The van der Waals surface area contributed by atoms with E-state index in [0.29, 0.717) is 0 Å². The van der Waals surface area contributed by atoms with Crippen LogP contribution in [0.1, 0.15) is 99.9 Å². The molecule has 0 saturated carbocycles. The van der Waals surface area contributed by atoms with Gasteiger partial charge in [0.1, 0.15) is 11.6 Å². The lowest BCUT2D eigenvalue weighted by Gasteiger charge is -2.50. The number of fused-ring (bicyclic) bond motifs is 8. The quantitative estimate of drug-likeness (QED) is 0.176. The summed E-state index contributed by atoms with van der Waals surface area (Å²) in [5.41, 5.74) is 17.7. The monoisotopic (exact) mass is 741 g/mol. The molecule has 5 heteroatoms. The van der Waals surface area contributed by atoms with Gasteiger partial charge in [-0.15, -0.1) is 0 Å². The summed E-state index contributed by atoms with van der Waals surface area (Å²) in [6.45, 7) is 18.9. The number of rotatable bonds is 2. The molecule has 6 heterocycles. The number of nitrogens with zero attached hydrogens (tertiary/aromatic N) is 5. The smallest absolute Gasteiger partial charge is 0.141 e. The van der Waals surface area contributed by atoms with Crippen LogP contribution in [0.2, 0.25) is 0 Å². The Balaban J connectivity index is 1.17. The molecule has 11 rings (SSSR count). The third-order valence-corrected chi connectivity index (χ3v) is 13.9. The van der Waals surface area contributed by atoms with Crippen LogP contribution in [0.4, 0.5) is 51.4 Å². The minimum absolute atomic E-state index is 0.187. The molecule has 0 amide bonds. The van der Waals surface area contributed by atoms with Crippen LogP contribution in [0.15, 0.2) is 140 Å². The molecule has 5 nitrogen and oxygen atoms in total. The number of hydrogen-bond acceptors (Lipinski definition) is 5. The first-order chi connectivity index (χ1) is 27.3. The summed E-state index contributed by atoms with van der Waals surface area (Å²) in [4.78, 5) is 17.5. The first-order valence-corrected chi connectivity index (χ1v) is 20.3. The van der Waals surface area contributed by atoms with Crippen molar-refractivity contribution in [1.82, 2.24) is 9.97 Å². The Hall–Kier alpha value is -6.20. The topological polar surface area (TPSA) is 35.5 Å². The van der Waals surface area contributed by atoms with E-state index >= 15 is 0 Å². The second-order valence-corrected chi connectivity index (χ2v) is 18.4. The Morgan fingerprint density at radius 2 is 0.754 bits per heavy atom. The van der Waals surface area contributed by atoms with Crippen molar-refractivity contribution in [2.45, 2.75) is 77.0 Å². The van der Waals surface area contributed by atoms with E-state index in [9.17, 15) is 0 Å². The van der Waals surface area contributed by atoms with E-state index in [1.54, 1.807) is 0 Å². The number of aromatic nitrogens is 2. The van der Waals surface area contributed by atoms with E-state index in [0.717, 1.165) is 28.7 Å². The lowest BCUT2D eigenvalue weighted by atomic mass is 9.65. The molecule has 5 aromatic carbocycles. The van der Waals surface area contributed by atoms with Gasteiger partial charge in [-0.1, -0.05) is 128 Å². The van der Waals surface area contributed by atoms with Gasteiger partial charge in [0.25, 0.3) is 0 Å². The third kappa shape index (κ3) is 4.35. The molecule has 4 aliphatic rings. The number of anilines is 9. The van der Waals surface area contributed by atoms with Crippen molar-refractivity contribution in [2.24, 2.45) is 0 Å². The van der Waals surface area contributed by atoms with Gasteiger partial charge in [-0.3, -0.25) is 9.80 Å². The van der Waals surface area contributed by atoms with Gasteiger partial charge in [-0.25, -0.2) is 9.97 Å². The molecule has 0 unspecified atom stereocenters. The first kappa shape index (κ1) is 34.1. The Morgan fingerprint density at radius 1 is 0.333 bits per heavy atom. The molecule has 2 aromatic heterocycles. The molecule has 0 N–H and O–H groups in total. The van der Waals surface area contributed by atoms with Crippen molar-refractivity contribution in [3.63, 3.8) is 0 Å². The van der Waals surface area contributed by atoms with E-state index in [-0.39, 0.29) is 21.7 Å². The van der Waals surface area contributed by atoms with Crippen LogP contribution < -0.4 is 14.7 Å². The first-order valence-electron chi connectivity index (χ1n) is 20.3. The summed E-state index contributed by atoms with van der Waals surface area (Å²) in [5.74, 6) is 1.99. The van der Waals surface area contributed by atoms with E-state index in [4.69, 9.17) is 9.97 Å². The van der Waals surface area contributed by atoms with Gasteiger partial charge in [0.2, 0.25) is 0 Å². The minimum atomic E-state index is -0.256. The maximum Gasteiger partial charge on any atom is 0.141 e. The number of hydrogen-bond donors (Lipinski definition) is 0. The van der Waals surface area contributed by atoms with Crippen molar-refractivity contribution in [3.8, 4) is 0 Å². The largest absolute Gasteiger partial charge is 0.310 e. The highest BCUT2D eigenvalue weighted by molar-refractivity contribution is 5.96. The van der Waals surface area contributed by atoms with Crippen LogP contribution in [-0.4, -0.2) is 9.97 Å². The lowest BCUT2D eigenvalue weighted by Crippen LogP contribution is -2.39. The highest BCUT2D eigenvalue weighted by Gasteiger charge is 2.48. The van der Waals surface area contributed by atoms with Gasteiger partial charge in [0.15, 0.2) is 0 Å². The molecule has 0 aliphatic carbocycles. The lowest BCUT2D eigenvalue weighted by molar-refractivity contribution is 0.587. The zero-order valence-corrected chi connectivity index (χ0v) is 34.0. The Bertz CT molecular complexity index is 2790. The summed E-state index contributed by atoms with van der Waals surface area (Å²) in [6.07, 6.45) is 3.87. The fourth-order valence-electron chi connectivity index (χ4n) is 10.7. The van der Waals surface area contributed by atoms with E-state index in [2.05, 4.69) is 197 Å². The van der Waals surface area contributed by atoms with Gasteiger partial charge >= 0.3 is 0 Å². The molecular formula is C52H47N5. The van der Waals surface area contributed by atoms with Gasteiger partial charge in [-0.05, 0) is 88.0 Å². The molecular weight excluding hydrogens is 695 g/mol. The number of pyridine rings is 2. The van der Waals surface area contributed by atoms with E-state index < -0.39 is 0 Å². The summed E-state index contributed by atoms with van der Waals surface area (Å²) in [5, 5.41) is 0. The van der Waals surface area contributed by atoms with Crippen LogP contribution in [0.3, 0.4) is 0 Å². The Morgan fingerprint density at radius 3 is 1.37 bits per heavy atom. The van der Waals surface area contributed by atoms with Crippen molar-refractivity contribution in [2.75, 3.05) is 14.7 Å². The average molecular weight is 742 g/mol. The summed E-state index contributed by atoms with van der Waals surface area (Å²) >= 11 is 0. The molecule has 0 radical (unpaired) electrons. The normalized spacial score (nSPS) is 17.9. The van der Waals surface area contributed by atoms with E-state index in [1.807, 2.05) is 12.4 Å². The molecule has 0 atom stereocenters. The zero-order valence-electron chi connectivity index (χ0n) is 34.0. The molecule has 7 aromatic rings. The third-order valence-electron chi connectivity index (χ3n) is 13.9. The Kier molecular flexibility index (Phi) is 6.71. The summed E-state index contributed by atoms with van der Waals surface area (Å²) < 4.78 is 0. The molecule has 0 spiro atoms. The predicted molar refractivity (Wildman–Crippen MR) is 235 cm³/mol. The van der Waals surface area contributed by atoms with Crippen LogP contribution in [0.5, 0.6) is 0 Å². The average Bonchev–Trinajstić information content (AvgIpc) is 3.21. The number of benzene rings is 5. The minimum Gasteiger partial charge on any atom is -0.310 e. The molecule has 4 aliphatic heterocycles. The summed E-state index contributed by atoms with van der Waals surface area (Å²) in [6, 6.07) is 47.4. The zero-order chi connectivity index (χ0) is 39.2. The Labute approximate surface area is 336 Å². The van der Waals surface area contributed by atoms with Gasteiger partial charge in [0, 0.05) is 56.6 Å². The standard InChI is InChI=1S/C52H47N5/c1-49(2)35-20-10-12-26-43(35)56(47-38(49)23-15-27-53-47)33-18-13-17-32(29-33)55-42-25-11-9-19-34(42)50(3,4)40-30-41-45(31-44(40)55)57-46-36(21-14-22-37(46)52(41,7)8)51(5,6)39-24-16-28-54-48(39)57/h9-31H,1-8H3. The SMILES string of the molecule is CC1(C)c2ccccc2N(c2cccc(N3c4ccccc4C(C)(C)c4cccnc43)c2)c2cc3c(cc21)C(C)(C)c1cccc2c1N3c1ncccc1C2(C)C. The predicted octanol–water partition coefficient (Wildman–Crippen LogP) is 13.4. The van der Waals surface area contributed by atoms with Crippen LogP contribution in [0, 0.1) is 0 Å². The van der Waals surface area contributed by atoms with Crippen molar-refractivity contribution in [1.29, 1.82) is 0 Å². The van der Waals surface area contributed by atoms with Gasteiger partial charge < -0.3 is 4.90 Å². The molecule has 0 fully saturated rings. The second kappa shape index (κ2) is 11.2. The van der Waals surface area contributed by atoms with Gasteiger partial charge in [0.05, 0.1) is 28.4 Å².